The Morgan fingerprint density at radius 3 is 2.18 bits per heavy atom. The standard InChI is InChI=1S/C29H22ClF7INO4S/c30-23-13-16(1-8-21(23)25(40)41)15-39-12-11-26(44(42,43)20-6-4-19(38)5-7-20)22-9-3-18(14-17(22)2-10-24(26)39)27(31,28(32,33)34)29(35,36)37/h1,3-9,13-14,24H,2,10-12,15H2,(H,40,41)/t24-,26-/m1/s1. The number of aromatic carboxylic acids is 1. The summed E-state index contributed by atoms with van der Waals surface area (Å²) in [5.74, 6) is -1.23. The van der Waals surface area contributed by atoms with Crippen molar-refractivity contribution in [1.29, 1.82) is 0 Å². The van der Waals surface area contributed by atoms with E-state index in [9.17, 15) is 49.1 Å². The third kappa shape index (κ3) is 5.09. The van der Waals surface area contributed by atoms with Gasteiger partial charge in [0.15, 0.2) is 9.84 Å². The largest absolute Gasteiger partial charge is 0.478 e. The van der Waals surface area contributed by atoms with Crippen LogP contribution in [-0.2, 0) is 33.2 Å². The molecule has 1 heterocycles. The van der Waals surface area contributed by atoms with Gasteiger partial charge in [-0.05, 0) is 94.9 Å². The van der Waals surface area contributed by atoms with E-state index in [-0.39, 0.29) is 59.0 Å². The van der Waals surface area contributed by atoms with Crippen LogP contribution >= 0.6 is 34.2 Å². The zero-order chi connectivity index (χ0) is 32.5. The monoisotopic (exact) mass is 775 g/mol. The summed E-state index contributed by atoms with van der Waals surface area (Å²) in [6.07, 6.45) is -12.8. The number of rotatable bonds is 6. The lowest BCUT2D eigenvalue weighted by atomic mass is 9.76. The SMILES string of the molecule is O=C(O)c1ccc(CN2CC[C@@]3(S(=O)(=O)c4ccc(I)cc4)c4ccc(C(F)(C(F)(F)F)C(F)(F)F)cc4CC[C@@H]23)cc1Cl. The minimum absolute atomic E-state index is 0.0181. The molecule has 0 unspecified atom stereocenters. The first-order chi connectivity index (χ1) is 20.3. The zero-order valence-corrected chi connectivity index (χ0v) is 26.0. The number of benzene rings is 3. The highest BCUT2D eigenvalue weighted by atomic mass is 127. The van der Waals surface area contributed by atoms with Crippen molar-refractivity contribution in [2.45, 2.75) is 59.5 Å². The number of likely N-dealkylation sites (tertiary alicyclic amines) is 1. The molecule has 0 aromatic heterocycles. The molecule has 0 saturated carbocycles. The van der Waals surface area contributed by atoms with E-state index >= 15 is 0 Å². The van der Waals surface area contributed by atoms with Crippen LogP contribution in [0.3, 0.4) is 0 Å². The Kier molecular flexibility index (Phi) is 8.33. The fourth-order valence-corrected chi connectivity index (χ4v) is 9.43. The van der Waals surface area contributed by atoms with Crippen molar-refractivity contribution in [3.8, 4) is 0 Å². The van der Waals surface area contributed by atoms with Gasteiger partial charge in [0.2, 0.25) is 0 Å². The molecular weight excluding hydrogens is 754 g/mol. The molecule has 0 amide bonds. The minimum atomic E-state index is -6.32. The van der Waals surface area contributed by atoms with E-state index in [1.165, 1.54) is 30.3 Å². The van der Waals surface area contributed by atoms with Crippen molar-refractivity contribution >= 4 is 50.0 Å². The summed E-state index contributed by atoms with van der Waals surface area (Å²) in [5, 5.41) is 9.26. The normalized spacial score (nSPS) is 21.2. The lowest BCUT2D eigenvalue weighted by Crippen LogP contribution is -2.52. The van der Waals surface area contributed by atoms with Gasteiger partial charge in [-0.2, -0.15) is 26.3 Å². The Bertz CT molecular complexity index is 1720. The number of hydrogen-bond acceptors (Lipinski definition) is 4. The first kappa shape index (κ1) is 32.9. The van der Waals surface area contributed by atoms with Crippen molar-refractivity contribution in [2.24, 2.45) is 0 Å². The molecule has 2 atom stereocenters. The fourth-order valence-electron chi connectivity index (χ4n) is 6.40. The molecule has 236 valence electrons. The number of carboxylic acid groups (broad SMARTS) is 1. The molecule has 0 bridgehead atoms. The van der Waals surface area contributed by atoms with Crippen LogP contribution in [0, 0.1) is 3.57 Å². The quantitative estimate of drug-likeness (QED) is 0.204. The van der Waals surface area contributed by atoms with Gasteiger partial charge in [-0.3, -0.25) is 4.90 Å². The van der Waals surface area contributed by atoms with Gasteiger partial charge in [-0.25, -0.2) is 17.6 Å². The molecule has 3 aromatic carbocycles. The number of alkyl halides is 7. The second-order valence-corrected chi connectivity index (χ2v) is 14.6. The lowest BCUT2D eigenvalue weighted by molar-refractivity contribution is -0.348. The Morgan fingerprint density at radius 2 is 1.61 bits per heavy atom. The number of sulfone groups is 1. The number of nitrogens with zero attached hydrogens (tertiary/aromatic N) is 1. The molecule has 3 aromatic rings. The van der Waals surface area contributed by atoms with Crippen LogP contribution in [0.2, 0.25) is 5.02 Å². The van der Waals surface area contributed by atoms with E-state index in [0.717, 1.165) is 9.64 Å². The molecule has 0 spiro atoms. The van der Waals surface area contributed by atoms with Gasteiger partial charge in [-0.1, -0.05) is 35.9 Å². The van der Waals surface area contributed by atoms with Crippen LogP contribution in [0.25, 0.3) is 0 Å². The predicted octanol–water partition coefficient (Wildman–Crippen LogP) is 7.82. The Balaban J connectivity index is 1.65. The molecule has 0 radical (unpaired) electrons. The molecule has 1 N–H and O–H groups in total. The summed E-state index contributed by atoms with van der Waals surface area (Å²) < 4.78 is 124. The highest BCUT2D eigenvalue weighted by Crippen LogP contribution is 2.56. The van der Waals surface area contributed by atoms with Gasteiger partial charge in [0.05, 0.1) is 15.5 Å². The summed E-state index contributed by atoms with van der Waals surface area (Å²) >= 11 is 8.12. The van der Waals surface area contributed by atoms with Crippen LogP contribution in [0.4, 0.5) is 30.7 Å². The van der Waals surface area contributed by atoms with Gasteiger partial charge in [-0.15, -0.1) is 0 Å². The first-order valence-electron chi connectivity index (χ1n) is 13.1. The summed E-state index contributed by atoms with van der Waals surface area (Å²) in [6, 6.07) is 11.2. The minimum Gasteiger partial charge on any atom is -0.478 e. The van der Waals surface area contributed by atoms with Crippen molar-refractivity contribution in [1.82, 2.24) is 4.90 Å². The van der Waals surface area contributed by atoms with E-state index in [2.05, 4.69) is 0 Å². The third-order valence-electron chi connectivity index (χ3n) is 8.43. The van der Waals surface area contributed by atoms with E-state index in [1.807, 2.05) is 27.5 Å². The molecule has 1 saturated heterocycles. The van der Waals surface area contributed by atoms with Crippen LogP contribution in [0.5, 0.6) is 0 Å². The Morgan fingerprint density at radius 1 is 0.977 bits per heavy atom. The highest BCUT2D eigenvalue weighted by Gasteiger charge is 2.73. The number of carboxylic acids is 1. The Labute approximate surface area is 266 Å². The Hall–Kier alpha value is -2.43. The maximum Gasteiger partial charge on any atom is 0.435 e. The predicted molar refractivity (Wildman–Crippen MR) is 155 cm³/mol. The second-order valence-electron chi connectivity index (χ2n) is 10.8. The average Bonchev–Trinajstić information content (AvgIpc) is 3.31. The number of halogens is 9. The zero-order valence-electron chi connectivity index (χ0n) is 22.3. The summed E-state index contributed by atoms with van der Waals surface area (Å²) in [6.45, 7) is 0.309. The summed E-state index contributed by atoms with van der Waals surface area (Å²) in [5.41, 5.74) is -6.97. The maximum atomic E-state index is 15.0. The maximum absolute atomic E-state index is 15.0. The molecule has 2 aliphatic rings. The lowest BCUT2D eigenvalue weighted by Gasteiger charge is -2.43. The van der Waals surface area contributed by atoms with Crippen molar-refractivity contribution < 1.29 is 49.1 Å². The fraction of sp³-hybridized carbons (Fsp3) is 0.345. The molecule has 5 nitrogen and oxygen atoms in total. The topological polar surface area (TPSA) is 74.7 Å². The molecule has 1 aliphatic carbocycles. The van der Waals surface area contributed by atoms with Crippen LogP contribution < -0.4 is 0 Å². The number of carbonyl (C=O) groups is 1. The number of fused-ring (bicyclic) bond motifs is 3. The molecular formula is C29H22ClF7INO4S. The van der Waals surface area contributed by atoms with Crippen LogP contribution in [0.15, 0.2) is 65.6 Å². The van der Waals surface area contributed by atoms with Gasteiger partial charge in [0.25, 0.3) is 0 Å². The molecule has 1 aliphatic heterocycles. The third-order valence-corrected chi connectivity index (χ3v) is 12.0. The van der Waals surface area contributed by atoms with Crippen molar-refractivity contribution in [3.05, 3.63) is 97.1 Å². The van der Waals surface area contributed by atoms with Gasteiger partial charge >= 0.3 is 24.0 Å². The van der Waals surface area contributed by atoms with Gasteiger partial charge in [0, 0.05) is 28.3 Å². The van der Waals surface area contributed by atoms with E-state index < -0.39 is 50.2 Å². The van der Waals surface area contributed by atoms with E-state index in [4.69, 9.17) is 11.6 Å². The molecule has 5 rings (SSSR count). The molecule has 1 fully saturated rings. The van der Waals surface area contributed by atoms with Crippen molar-refractivity contribution in [3.63, 3.8) is 0 Å². The number of hydrogen-bond donors (Lipinski definition) is 1. The second kappa shape index (κ2) is 11.1. The van der Waals surface area contributed by atoms with Gasteiger partial charge in [0.1, 0.15) is 4.75 Å². The summed E-state index contributed by atoms with van der Waals surface area (Å²) in [7, 11) is -4.33. The number of aryl methyl sites for hydroxylation is 1. The average molecular weight is 776 g/mol. The highest BCUT2D eigenvalue weighted by molar-refractivity contribution is 14.1. The molecule has 44 heavy (non-hydrogen) atoms. The van der Waals surface area contributed by atoms with E-state index in [1.54, 1.807) is 12.1 Å². The smallest absolute Gasteiger partial charge is 0.435 e. The molecule has 15 heteroatoms. The summed E-state index contributed by atoms with van der Waals surface area (Å²) in [4.78, 5) is 13.1. The van der Waals surface area contributed by atoms with Crippen molar-refractivity contribution in [2.75, 3.05) is 6.54 Å². The van der Waals surface area contributed by atoms with Crippen LogP contribution in [0.1, 0.15) is 45.5 Å². The van der Waals surface area contributed by atoms with Gasteiger partial charge < -0.3 is 5.11 Å². The first-order valence-corrected chi connectivity index (χ1v) is 16.0. The van der Waals surface area contributed by atoms with Crippen LogP contribution in [-0.4, -0.2) is 49.3 Å². The van der Waals surface area contributed by atoms with E-state index in [0.29, 0.717) is 17.7 Å².